The maximum absolute atomic E-state index is 5.76. The third-order valence-corrected chi connectivity index (χ3v) is 9.61. The van der Waals surface area contributed by atoms with Crippen LogP contribution in [0, 0.1) is 0 Å². The molecular formula is C40H79N3O+2. The molecule has 0 radical (unpaired) electrons. The molecule has 4 nitrogen and oxygen atoms in total. The van der Waals surface area contributed by atoms with Crippen LogP contribution in [-0.4, -0.2) is 62.3 Å². The van der Waals surface area contributed by atoms with Gasteiger partial charge >= 0.3 is 0 Å². The molecule has 1 heterocycles. The number of pyridine rings is 1. The summed E-state index contributed by atoms with van der Waals surface area (Å²) in [5, 5.41) is 0. The molecule has 0 fully saturated rings. The minimum atomic E-state index is 0.932. The zero-order valence-corrected chi connectivity index (χ0v) is 31.2. The molecule has 258 valence electrons. The summed E-state index contributed by atoms with van der Waals surface area (Å²) < 4.78 is 7.75. The summed E-state index contributed by atoms with van der Waals surface area (Å²) in [6.07, 6.45) is 33.8. The summed E-state index contributed by atoms with van der Waals surface area (Å²) in [5.74, 6) is 0.945. The molecule has 0 saturated carbocycles. The van der Waals surface area contributed by atoms with Crippen molar-refractivity contribution in [1.29, 1.82) is 0 Å². The molecule has 0 aliphatic rings. The van der Waals surface area contributed by atoms with E-state index >= 15 is 0 Å². The minimum Gasteiger partial charge on any atom is -0.495 e. The van der Waals surface area contributed by atoms with Crippen LogP contribution in [0.1, 0.15) is 179 Å². The standard InChI is InChI=1S/C40H79N3O/c1-8-10-12-14-16-18-20-22-24-26-28-30-34-42(3,4)36-38-32-33-40(44-7)39(41-38)37-43(5,6)35-31-29-27-25-23-21-19-17-15-13-11-9-2/h32-33H,8-31,34-37H2,1-7H3/q+2. The molecule has 4 heteroatoms. The van der Waals surface area contributed by atoms with Gasteiger partial charge in [-0.15, -0.1) is 0 Å². The second-order valence-electron chi connectivity index (χ2n) is 15.4. The lowest BCUT2D eigenvalue weighted by molar-refractivity contribution is -0.905. The van der Waals surface area contributed by atoms with Crippen LogP contribution < -0.4 is 4.74 Å². The van der Waals surface area contributed by atoms with Gasteiger partial charge in [-0.25, -0.2) is 4.98 Å². The molecule has 1 rings (SSSR count). The normalized spacial score (nSPS) is 12.2. The van der Waals surface area contributed by atoms with E-state index in [2.05, 4.69) is 54.2 Å². The number of ether oxygens (including phenoxy) is 1. The number of methoxy groups -OCH3 is 1. The number of rotatable bonds is 31. The minimum absolute atomic E-state index is 0.932. The topological polar surface area (TPSA) is 22.1 Å². The van der Waals surface area contributed by atoms with E-state index in [-0.39, 0.29) is 0 Å². The molecule has 0 aliphatic carbocycles. The molecule has 0 aliphatic heterocycles. The molecule has 1 aromatic rings. The van der Waals surface area contributed by atoms with Gasteiger partial charge in [0.2, 0.25) is 0 Å². The van der Waals surface area contributed by atoms with Gasteiger partial charge in [-0.1, -0.05) is 142 Å². The lowest BCUT2D eigenvalue weighted by Gasteiger charge is -2.31. The molecule has 0 unspecified atom stereocenters. The molecule has 0 saturated heterocycles. The maximum atomic E-state index is 5.76. The molecule has 1 aromatic heterocycles. The smallest absolute Gasteiger partial charge is 0.146 e. The Morgan fingerprint density at radius 3 is 1.18 bits per heavy atom. The van der Waals surface area contributed by atoms with Crippen molar-refractivity contribution < 1.29 is 13.7 Å². The lowest BCUT2D eigenvalue weighted by atomic mass is 10.1. The van der Waals surface area contributed by atoms with Crippen molar-refractivity contribution >= 4 is 0 Å². The number of unbranched alkanes of at least 4 members (excludes halogenated alkanes) is 22. The first kappa shape index (κ1) is 40.9. The van der Waals surface area contributed by atoms with Crippen molar-refractivity contribution in [2.24, 2.45) is 0 Å². The van der Waals surface area contributed by atoms with Gasteiger partial charge < -0.3 is 13.7 Å². The summed E-state index contributed by atoms with van der Waals surface area (Å²) in [7, 11) is 11.3. The Bertz CT molecular complexity index is 791. The molecule has 0 amide bonds. The van der Waals surface area contributed by atoms with Crippen molar-refractivity contribution in [3.05, 3.63) is 23.5 Å². The van der Waals surface area contributed by atoms with E-state index in [4.69, 9.17) is 9.72 Å². The van der Waals surface area contributed by atoms with Gasteiger partial charge in [-0.2, -0.15) is 0 Å². The first-order chi connectivity index (χ1) is 21.2. The SMILES string of the molecule is CCCCCCCCCCCCCC[N+](C)(C)Cc1ccc(OC)c(C[N+](C)(C)CCCCCCCCCCCCCC)n1. The van der Waals surface area contributed by atoms with Crippen molar-refractivity contribution in [2.75, 3.05) is 48.4 Å². The summed E-state index contributed by atoms with van der Waals surface area (Å²) in [4.78, 5) is 5.18. The molecule has 0 atom stereocenters. The van der Waals surface area contributed by atoms with Crippen LogP contribution in [0.15, 0.2) is 12.1 Å². The summed E-state index contributed by atoms with van der Waals surface area (Å²) in [6, 6.07) is 4.35. The Morgan fingerprint density at radius 1 is 0.477 bits per heavy atom. The highest BCUT2D eigenvalue weighted by Gasteiger charge is 2.22. The van der Waals surface area contributed by atoms with Crippen LogP contribution in [0.25, 0.3) is 0 Å². The maximum Gasteiger partial charge on any atom is 0.146 e. The highest BCUT2D eigenvalue weighted by atomic mass is 16.5. The number of hydrogen-bond acceptors (Lipinski definition) is 2. The average Bonchev–Trinajstić information content (AvgIpc) is 2.98. The Morgan fingerprint density at radius 2 is 0.818 bits per heavy atom. The number of hydrogen-bond donors (Lipinski definition) is 0. The fourth-order valence-corrected chi connectivity index (χ4v) is 6.68. The average molecular weight is 618 g/mol. The second kappa shape index (κ2) is 26.0. The fourth-order valence-electron chi connectivity index (χ4n) is 6.68. The first-order valence-corrected chi connectivity index (χ1v) is 19.4. The van der Waals surface area contributed by atoms with Gasteiger partial charge in [0.1, 0.15) is 24.5 Å². The molecule has 44 heavy (non-hydrogen) atoms. The van der Waals surface area contributed by atoms with E-state index in [1.807, 2.05) is 0 Å². The van der Waals surface area contributed by atoms with Gasteiger partial charge in [0.05, 0.1) is 54.1 Å². The number of quaternary nitrogens is 2. The predicted octanol–water partition coefficient (Wildman–Crippen LogP) is 11.6. The van der Waals surface area contributed by atoms with Crippen molar-refractivity contribution in [3.8, 4) is 5.75 Å². The van der Waals surface area contributed by atoms with E-state index in [9.17, 15) is 0 Å². The van der Waals surface area contributed by atoms with Crippen LogP contribution in [0.3, 0.4) is 0 Å². The van der Waals surface area contributed by atoms with Crippen LogP contribution in [0.5, 0.6) is 5.75 Å². The van der Waals surface area contributed by atoms with Crippen LogP contribution in [-0.2, 0) is 13.1 Å². The van der Waals surface area contributed by atoms with Gasteiger partial charge in [0.25, 0.3) is 0 Å². The number of nitrogens with zero attached hydrogens (tertiary/aromatic N) is 3. The van der Waals surface area contributed by atoms with Crippen LogP contribution in [0.2, 0.25) is 0 Å². The lowest BCUT2D eigenvalue weighted by Crippen LogP contribution is -2.41. The van der Waals surface area contributed by atoms with E-state index in [0.29, 0.717) is 0 Å². The summed E-state index contributed by atoms with van der Waals surface area (Å²) in [5.41, 5.74) is 2.33. The van der Waals surface area contributed by atoms with E-state index in [1.54, 1.807) is 7.11 Å². The van der Waals surface area contributed by atoms with Crippen molar-refractivity contribution in [3.63, 3.8) is 0 Å². The van der Waals surface area contributed by atoms with Gasteiger partial charge in [0, 0.05) is 0 Å². The number of aromatic nitrogens is 1. The predicted molar refractivity (Wildman–Crippen MR) is 194 cm³/mol. The molecular weight excluding hydrogens is 538 g/mol. The summed E-state index contributed by atoms with van der Waals surface area (Å²) >= 11 is 0. The Balaban J connectivity index is 2.31. The van der Waals surface area contributed by atoms with Crippen LogP contribution in [0.4, 0.5) is 0 Å². The fraction of sp³-hybridized carbons (Fsp3) is 0.875. The van der Waals surface area contributed by atoms with E-state index in [0.717, 1.165) is 33.5 Å². The second-order valence-corrected chi connectivity index (χ2v) is 15.4. The molecule has 0 N–H and O–H groups in total. The summed E-state index contributed by atoms with van der Waals surface area (Å²) in [6.45, 7) is 8.94. The van der Waals surface area contributed by atoms with Crippen LogP contribution >= 0.6 is 0 Å². The molecule has 0 aromatic carbocycles. The highest BCUT2D eigenvalue weighted by molar-refractivity contribution is 5.28. The third kappa shape index (κ3) is 22.4. The van der Waals surface area contributed by atoms with Gasteiger partial charge in [-0.3, -0.25) is 0 Å². The van der Waals surface area contributed by atoms with Crippen molar-refractivity contribution in [2.45, 2.75) is 181 Å². The van der Waals surface area contributed by atoms with E-state index < -0.39 is 0 Å². The Kier molecular flexibility index (Phi) is 24.2. The first-order valence-electron chi connectivity index (χ1n) is 19.4. The monoisotopic (exact) mass is 618 g/mol. The van der Waals surface area contributed by atoms with E-state index in [1.165, 1.54) is 173 Å². The quantitative estimate of drug-likeness (QED) is 0.0611. The van der Waals surface area contributed by atoms with Gasteiger partial charge in [-0.05, 0) is 37.8 Å². The largest absolute Gasteiger partial charge is 0.495 e. The zero-order valence-electron chi connectivity index (χ0n) is 31.2. The van der Waals surface area contributed by atoms with Gasteiger partial charge in [0.15, 0.2) is 0 Å². The highest BCUT2D eigenvalue weighted by Crippen LogP contribution is 2.23. The Hall–Kier alpha value is -1.13. The molecule has 0 bridgehead atoms. The van der Waals surface area contributed by atoms with Crippen molar-refractivity contribution in [1.82, 2.24) is 4.98 Å². The molecule has 0 spiro atoms. The Labute approximate surface area is 276 Å². The zero-order chi connectivity index (χ0) is 32.4. The third-order valence-electron chi connectivity index (χ3n) is 9.61.